The van der Waals surface area contributed by atoms with Crippen LogP contribution in [0.3, 0.4) is 0 Å². The SMILES string of the molecule is C=C(C)CC12C(=O)OC(=O)C1C1C=CC2(C)C1. The number of ether oxygens (including phenoxy) is 1. The number of esters is 2. The summed E-state index contributed by atoms with van der Waals surface area (Å²) >= 11 is 0. The summed E-state index contributed by atoms with van der Waals surface area (Å²) in [7, 11) is 0. The predicted octanol–water partition coefficient (Wildman–Crippen LogP) is 2.23. The molecule has 0 aromatic carbocycles. The lowest BCUT2D eigenvalue weighted by Gasteiger charge is -2.38. The highest BCUT2D eigenvalue weighted by Gasteiger charge is 2.73. The first kappa shape index (κ1) is 10.8. The number of carbonyl (C=O) groups excluding carboxylic acids is 2. The molecule has 0 N–H and O–H groups in total. The molecule has 2 aliphatic carbocycles. The molecule has 2 bridgehead atoms. The van der Waals surface area contributed by atoms with Gasteiger partial charge in [-0.2, -0.15) is 0 Å². The Morgan fingerprint density at radius 3 is 2.94 bits per heavy atom. The minimum Gasteiger partial charge on any atom is -0.392 e. The molecular weight excluding hydrogens is 216 g/mol. The van der Waals surface area contributed by atoms with Crippen LogP contribution in [0.5, 0.6) is 0 Å². The molecule has 1 saturated carbocycles. The zero-order chi connectivity index (χ0) is 12.4. The number of rotatable bonds is 2. The summed E-state index contributed by atoms with van der Waals surface area (Å²) < 4.78 is 4.92. The van der Waals surface area contributed by atoms with Gasteiger partial charge in [-0.3, -0.25) is 9.59 Å². The van der Waals surface area contributed by atoms with Crippen LogP contribution in [0.1, 0.15) is 26.7 Å². The largest absolute Gasteiger partial charge is 0.392 e. The molecular formula is C14H16O3. The first-order chi connectivity index (χ1) is 7.91. The Balaban J connectivity index is 2.18. The van der Waals surface area contributed by atoms with Gasteiger partial charge in [0.1, 0.15) is 0 Å². The van der Waals surface area contributed by atoms with Crippen LogP contribution in [0.15, 0.2) is 24.3 Å². The van der Waals surface area contributed by atoms with Gasteiger partial charge in [-0.05, 0) is 25.7 Å². The van der Waals surface area contributed by atoms with Crippen LogP contribution in [0, 0.1) is 22.7 Å². The quantitative estimate of drug-likeness (QED) is 0.416. The van der Waals surface area contributed by atoms with Crippen molar-refractivity contribution in [3.63, 3.8) is 0 Å². The smallest absolute Gasteiger partial charge is 0.321 e. The molecule has 1 heterocycles. The molecule has 3 rings (SSSR count). The third kappa shape index (κ3) is 1.03. The van der Waals surface area contributed by atoms with Gasteiger partial charge >= 0.3 is 11.9 Å². The van der Waals surface area contributed by atoms with E-state index in [9.17, 15) is 9.59 Å². The zero-order valence-electron chi connectivity index (χ0n) is 10.2. The van der Waals surface area contributed by atoms with Crippen LogP contribution in [-0.2, 0) is 14.3 Å². The minimum atomic E-state index is -0.685. The highest BCUT2D eigenvalue weighted by Crippen LogP contribution is 2.68. The van der Waals surface area contributed by atoms with Crippen molar-refractivity contribution < 1.29 is 14.3 Å². The lowest BCUT2D eigenvalue weighted by atomic mass is 9.60. The molecule has 0 aromatic rings. The summed E-state index contributed by atoms with van der Waals surface area (Å²) in [6.07, 6.45) is 5.60. The zero-order valence-corrected chi connectivity index (χ0v) is 10.2. The van der Waals surface area contributed by atoms with Gasteiger partial charge in [-0.25, -0.2) is 0 Å². The second-order valence-electron chi connectivity index (χ2n) is 5.94. The van der Waals surface area contributed by atoms with Crippen molar-refractivity contribution >= 4 is 11.9 Å². The van der Waals surface area contributed by atoms with Crippen LogP contribution >= 0.6 is 0 Å². The molecule has 3 heteroatoms. The maximum atomic E-state index is 12.2. The van der Waals surface area contributed by atoms with Crippen molar-refractivity contribution in [2.75, 3.05) is 0 Å². The van der Waals surface area contributed by atoms with Crippen LogP contribution in [0.4, 0.5) is 0 Å². The highest BCUT2D eigenvalue weighted by molar-refractivity contribution is 6.01. The molecule has 3 aliphatic rings. The van der Waals surface area contributed by atoms with E-state index >= 15 is 0 Å². The van der Waals surface area contributed by atoms with E-state index in [4.69, 9.17) is 4.74 Å². The summed E-state index contributed by atoms with van der Waals surface area (Å²) in [6, 6.07) is 0. The lowest BCUT2D eigenvalue weighted by molar-refractivity contribution is -0.157. The van der Waals surface area contributed by atoms with Crippen molar-refractivity contribution in [2.45, 2.75) is 26.7 Å². The van der Waals surface area contributed by atoms with Gasteiger partial charge in [0.2, 0.25) is 0 Å². The van der Waals surface area contributed by atoms with E-state index in [1.807, 2.05) is 6.92 Å². The maximum Gasteiger partial charge on any atom is 0.321 e. The average Bonchev–Trinajstić information content (AvgIpc) is 2.76. The maximum absolute atomic E-state index is 12.2. The van der Waals surface area contributed by atoms with Crippen LogP contribution in [-0.4, -0.2) is 11.9 Å². The number of cyclic esters (lactones) is 2. The second-order valence-corrected chi connectivity index (χ2v) is 5.94. The summed E-state index contributed by atoms with van der Waals surface area (Å²) in [6.45, 7) is 7.87. The normalized spacial score (nSPS) is 46.2. The molecule has 2 fully saturated rings. The molecule has 0 amide bonds. The van der Waals surface area contributed by atoms with E-state index in [2.05, 4.69) is 25.7 Å². The summed E-state index contributed by atoms with van der Waals surface area (Å²) in [5.74, 6) is -0.806. The molecule has 4 atom stereocenters. The van der Waals surface area contributed by atoms with Crippen molar-refractivity contribution in [2.24, 2.45) is 22.7 Å². The molecule has 4 unspecified atom stereocenters. The second kappa shape index (κ2) is 2.89. The van der Waals surface area contributed by atoms with Crippen molar-refractivity contribution in [3.05, 3.63) is 24.3 Å². The molecule has 90 valence electrons. The van der Waals surface area contributed by atoms with Gasteiger partial charge < -0.3 is 4.74 Å². The number of fused-ring (bicyclic) bond motifs is 5. The summed E-state index contributed by atoms with van der Waals surface area (Å²) in [5.41, 5.74) is 0.00340. The van der Waals surface area contributed by atoms with Gasteiger partial charge in [-0.1, -0.05) is 24.6 Å². The highest BCUT2D eigenvalue weighted by atomic mass is 16.6. The Hall–Kier alpha value is -1.38. The Morgan fingerprint density at radius 1 is 1.59 bits per heavy atom. The standard InChI is InChI=1S/C14H16O3/c1-8(2)6-14-10(11(15)17-12(14)16)9-4-5-13(14,3)7-9/h4-5,9-10H,1,6-7H2,2-3H3. The monoisotopic (exact) mass is 232 g/mol. The van der Waals surface area contributed by atoms with Gasteiger partial charge in [0.15, 0.2) is 0 Å². The van der Waals surface area contributed by atoms with Gasteiger partial charge in [-0.15, -0.1) is 6.58 Å². The minimum absolute atomic E-state index is 0.165. The number of carbonyl (C=O) groups is 2. The van der Waals surface area contributed by atoms with E-state index in [1.165, 1.54) is 0 Å². The molecule has 17 heavy (non-hydrogen) atoms. The fraction of sp³-hybridized carbons (Fsp3) is 0.571. The van der Waals surface area contributed by atoms with E-state index in [0.29, 0.717) is 6.42 Å². The van der Waals surface area contributed by atoms with Crippen molar-refractivity contribution in [1.82, 2.24) is 0 Å². The van der Waals surface area contributed by atoms with E-state index in [-0.39, 0.29) is 29.2 Å². The topological polar surface area (TPSA) is 43.4 Å². The molecule has 0 spiro atoms. The average molecular weight is 232 g/mol. The summed E-state index contributed by atoms with van der Waals surface area (Å²) in [5, 5.41) is 0. The van der Waals surface area contributed by atoms with Gasteiger partial charge in [0.05, 0.1) is 11.3 Å². The van der Waals surface area contributed by atoms with Gasteiger partial charge in [0, 0.05) is 5.41 Å². The fourth-order valence-corrected chi connectivity index (χ4v) is 4.08. The number of allylic oxidation sites excluding steroid dienone is 3. The first-order valence-electron chi connectivity index (χ1n) is 6.00. The van der Waals surface area contributed by atoms with E-state index in [1.54, 1.807) is 0 Å². The summed E-state index contributed by atoms with van der Waals surface area (Å²) in [4.78, 5) is 24.1. The predicted molar refractivity (Wildman–Crippen MR) is 61.8 cm³/mol. The Morgan fingerprint density at radius 2 is 2.29 bits per heavy atom. The number of hydrogen-bond acceptors (Lipinski definition) is 3. The fourth-order valence-electron chi connectivity index (χ4n) is 4.08. The Labute approximate surface area is 101 Å². The molecule has 1 aliphatic heterocycles. The number of hydrogen-bond donors (Lipinski definition) is 0. The van der Waals surface area contributed by atoms with Crippen molar-refractivity contribution in [3.8, 4) is 0 Å². The van der Waals surface area contributed by atoms with Crippen LogP contribution in [0.2, 0.25) is 0 Å². The van der Waals surface area contributed by atoms with E-state index < -0.39 is 5.41 Å². The van der Waals surface area contributed by atoms with Crippen LogP contribution in [0.25, 0.3) is 0 Å². The Bertz CT molecular complexity index is 476. The van der Waals surface area contributed by atoms with Crippen LogP contribution < -0.4 is 0 Å². The molecule has 0 aromatic heterocycles. The first-order valence-corrected chi connectivity index (χ1v) is 6.00. The molecule has 3 nitrogen and oxygen atoms in total. The van der Waals surface area contributed by atoms with E-state index in [0.717, 1.165) is 12.0 Å². The lowest BCUT2D eigenvalue weighted by Crippen LogP contribution is -2.43. The third-order valence-electron chi connectivity index (χ3n) is 4.74. The van der Waals surface area contributed by atoms with Gasteiger partial charge in [0.25, 0.3) is 0 Å². The molecule has 0 radical (unpaired) electrons. The third-order valence-corrected chi connectivity index (χ3v) is 4.74. The Kier molecular flexibility index (Phi) is 1.83. The van der Waals surface area contributed by atoms with Crippen molar-refractivity contribution in [1.29, 1.82) is 0 Å². The molecule has 1 saturated heterocycles.